The summed E-state index contributed by atoms with van der Waals surface area (Å²) >= 11 is 0. The minimum atomic E-state index is 0.585. The van der Waals surface area contributed by atoms with E-state index in [1.807, 2.05) is 12.1 Å². The van der Waals surface area contributed by atoms with Gasteiger partial charge in [-0.3, -0.25) is 4.79 Å². The number of amides is 1. The Morgan fingerprint density at radius 2 is 2.19 bits per heavy atom. The van der Waals surface area contributed by atoms with Gasteiger partial charge in [0.05, 0.1) is 13.2 Å². The van der Waals surface area contributed by atoms with Gasteiger partial charge in [-0.2, -0.15) is 0 Å². The van der Waals surface area contributed by atoms with E-state index in [9.17, 15) is 4.79 Å². The molecule has 0 saturated carbocycles. The molecule has 1 saturated heterocycles. The Hall–Kier alpha value is -1.55. The second-order valence-electron chi connectivity index (χ2n) is 3.77. The van der Waals surface area contributed by atoms with Gasteiger partial charge in [-0.25, -0.2) is 0 Å². The van der Waals surface area contributed by atoms with Gasteiger partial charge < -0.3 is 15.0 Å². The van der Waals surface area contributed by atoms with Crippen LogP contribution >= 0.6 is 0 Å². The second-order valence-corrected chi connectivity index (χ2v) is 3.77. The summed E-state index contributed by atoms with van der Waals surface area (Å²) in [4.78, 5) is 12.5. The Labute approximate surface area is 95.2 Å². The first kappa shape index (κ1) is 11.0. The van der Waals surface area contributed by atoms with Gasteiger partial charge in [0.15, 0.2) is 0 Å². The summed E-state index contributed by atoms with van der Waals surface area (Å²) in [6.45, 7) is 4.03. The van der Waals surface area contributed by atoms with Crippen LogP contribution in [0.4, 0.5) is 5.69 Å². The Bertz CT molecular complexity index is 349. The third kappa shape index (κ3) is 2.73. The molecule has 0 radical (unpaired) electrons. The number of carbonyl (C=O) groups is 1. The predicted molar refractivity (Wildman–Crippen MR) is 62.4 cm³/mol. The highest BCUT2D eigenvalue weighted by atomic mass is 16.5. The van der Waals surface area contributed by atoms with Crippen LogP contribution in [0.2, 0.25) is 0 Å². The molecule has 0 atom stereocenters. The Morgan fingerprint density at radius 3 is 2.94 bits per heavy atom. The highest BCUT2D eigenvalue weighted by Gasteiger charge is 2.10. The molecule has 0 spiro atoms. The number of hydrogen-bond acceptors (Lipinski definition) is 3. The van der Waals surface area contributed by atoms with Crippen LogP contribution in [0.1, 0.15) is 5.56 Å². The quantitative estimate of drug-likeness (QED) is 0.762. The van der Waals surface area contributed by atoms with Crippen LogP contribution in [-0.4, -0.2) is 32.7 Å². The summed E-state index contributed by atoms with van der Waals surface area (Å²) in [5.74, 6) is 0. The van der Waals surface area contributed by atoms with Gasteiger partial charge in [0.2, 0.25) is 6.41 Å². The van der Waals surface area contributed by atoms with Gasteiger partial charge in [0.1, 0.15) is 0 Å². The van der Waals surface area contributed by atoms with E-state index in [1.165, 1.54) is 5.69 Å². The Balaban J connectivity index is 2.05. The number of rotatable bonds is 4. The molecule has 86 valence electrons. The fourth-order valence-electron chi connectivity index (χ4n) is 1.84. The molecule has 0 bridgehead atoms. The summed E-state index contributed by atoms with van der Waals surface area (Å²) < 4.78 is 5.32. The number of hydrogen-bond donors (Lipinski definition) is 1. The molecule has 1 aromatic rings. The number of carbonyl (C=O) groups excluding carboxylic acids is 1. The predicted octanol–water partition coefficient (Wildman–Crippen LogP) is 0.769. The average Bonchev–Trinajstić information content (AvgIpc) is 2.38. The Morgan fingerprint density at radius 1 is 1.38 bits per heavy atom. The topological polar surface area (TPSA) is 41.6 Å². The van der Waals surface area contributed by atoms with E-state index in [0.29, 0.717) is 6.54 Å². The van der Waals surface area contributed by atoms with E-state index in [4.69, 9.17) is 4.74 Å². The van der Waals surface area contributed by atoms with Crippen molar-refractivity contribution in [3.63, 3.8) is 0 Å². The molecule has 1 amide bonds. The molecule has 0 unspecified atom stereocenters. The lowest BCUT2D eigenvalue weighted by Gasteiger charge is -2.29. The molecule has 4 heteroatoms. The van der Waals surface area contributed by atoms with Crippen molar-refractivity contribution in [1.82, 2.24) is 5.32 Å². The Kier molecular flexibility index (Phi) is 3.77. The van der Waals surface area contributed by atoms with Crippen LogP contribution in [0.25, 0.3) is 0 Å². The van der Waals surface area contributed by atoms with Crippen LogP contribution in [0.15, 0.2) is 24.3 Å². The van der Waals surface area contributed by atoms with E-state index < -0.39 is 0 Å². The standard InChI is InChI=1S/C12H16N2O2/c15-10-13-9-11-2-1-3-12(8-11)14-4-6-16-7-5-14/h1-3,8,10H,4-7,9H2,(H,13,15). The van der Waals surface area contributed by atoms with Crippen LogP contribution in [0.5, 0.6) is 0 Å². The van der Waals surface area contributed by atoms with Gasteiger partial charge in [-0.05, 0) is 17.7 Å². The minimum Gasteiger partial charge on any atom is -0.378 e. The number of nitrogens with zero attached hydrogens (tertiary/aromatic N) is 1. The van der Waals surface area contributed by atoms with Crippen molar-refractivity contribution >= 4 is 12.1 Å². The molecule has 1 aliphatic heterocycles. The maximum atomic E-state index is 10.2. The highest BCUT2D eigenvalue weighted by Crippen LogP contribution is 2.17. The molecule has 4 nitrogen and oxygen atoms in total. The van der Waals surface area contributed by atoms with E-state index in [0.717, 1.165) is 38.3 Å². The van der Waals surface area contributed by atoms with Crippen molar-refractivity contribution in [3.05, 3.63) is 29.8 Å². The zero-order chi connectivity index (χ0) is 11.2. The molecule has 1 aromatic carbocycles. The second kappa shape index (κ2) is 5.51. The molecule has 1 heterocycles. The van der Waals surface area contributed by atoms with Crippen molar-refractivity contribution in [2.75, 3.05) is 31.2 Å². The van der Waals surface area contributed by atoms with Crippen molar-refractivity contribution in [3.8, 4) is 0 Å². The van der Waals surface area contributed by atoms with Gasteiger partial charge >= 0.3 is 0 Å². The zero-order valence-electron chi connectivity index (χ0n) is 9.19. The summed E-state index contributed by atoms with van der Waals surface area (Å²) in [5, 5.41) is 2.67. The van der Waals surface area contributed by atoms with E-state index >= 15 is 0 Å². The molecule has 1 N–H and O–H groups in total. The summed E-state index contributed by atoms with van der Waals surface area (Å²) in [6, 6.07) is 8.24. The van der Waals surface area contributed by atoms with Gasteiger partial charge in [-0.1, -0.05) is 12.1 Å². The first-order valence-electron chi connectivity index (χ1n) is 5.49. The van der Waals surface area contributed by atoms with Crippen molar-refractivity contribution in [2.45, 2.75) is 6.54 Å². The number of morpholine rings is 1. The number of ether oxygens (including phenoxy) is 1. The van der Waals surface area contributed by atoms with Crippen LogP contribution < -0.4 is 10.2 Å². The maximum absolute atomic E-state index is 10.2. The fourth-order valence-corrected chi connectivity index (χ4v) is 1.84. The van der Waals surface area contributed by atoms with Crippen molar-refractivity contribution in [1.29, 1.82) is 0 Å². The molecular formula is C12H16N2O2. The normalized spacial score (nSPS) is 15.9. The minimum absolute atomic E-state index is 0.585. The fraction of sp³-hybridized carbons (Fsp3) is 0.417. The monoisotopic (exact) mass is 220 g/mol. The van der Waals surface area contributed by atoms with E-state index in [-0.39, 0.29) is 0 Å². The largest absolute Gasteiger partial charge is 0.378 e. The van der Waals surface area contributed by atoms with E-state index in [1.54, 1.807) is 0 Å². The van der Waals surface area contributed by atoms with Crippen molar-refractivity contribution in [2.24, 2.45) is 0 Å². The molecule has 2 rings (SSSR count). The van der Waals surface area contributed by atoms with Gasteiger partial charge in [0, 0.05) is 25.3 Å². The third-order valence-electron chi connectivity index (χ3n) is 2.68. The molecule has 1 aliphatic rings. The summed E-state index contributed by atoms with van der Waals surface area (Å²) in [7, 11) is 0. The van der Waals surface area contributed by atoms with Crippen LogP contribution in [-0.2, 0) is 16.1 Å². The lowest BCUT2D eigenvalue weighted by Crippen LogP contribution is -2.36. The third-order valence-corrected chi connectivity index (χ3v) is 2.68. The first-order valence-corrected chi connectivity index (χ1v) is 5.49. The first-order chi connectivity index (χ1) is 7.90. The molecule has 1 fully saturated rings. The zero-order valence-corrected chi connectivity index (χ0v) is 9.19. The molecular weight excluding hydrogens is 204 g/mol. The molecule has 16 heavy (non-hydrogen) atoms. The maximum Gasteiger partial charge on any atom is 0.207 e. The molecule has 0 aromatic heterocycles. The smallest absolute Gasteiger partial charge is 0.207 e. The number of nitrogens with one attached hydrogen (secondary N) is 1. The lowest BCUT2D eigenvalue weighted by molar-refractivity contribution is -0.109. The number of anilines is 1. The van der Waals surface area contributed by atoms with Gasteiger partial charge in [0.25, 0.3) is 0 Å². The summed E-state index contributed by atoms with van der Waals surface area (Å²) in [6.07, 6.45) is 0.724. The van der Waals surface area contributed by atoms with Crippen LogP contribution in [0, 0.1) is 0 Å². The van der Waals surface area contributed by atoms with E-state index in [2.05, 4.69) is 22.3 Å². The highest BCUT2D eigenvalue weighted by molar-refractivity contribution is 5.50. The lowest BCUT2D eigenvalue weighted by atomic mass is 10.2. The SMILES string of the molecule is O=CNCc1cccc(N2CCOCC2)c1. The molecule has 0 aliphatic carbocycles. The van der Waals surface area contributed by atoms with Gasteiger partial charge in [-0.15, -0.1) is 0 Å². The van der Waals surface area contributed by atoms with Crippen LogP contribution in [0.3, 0.4) is 0 Å². The van der Waals surface area contributed by atoms with Crippen molar-refractivity contribution < 1.29 is 9.53 Å². The summed E-state index contributed by atoms with van der Waals surface area (Å²) in [5.41, 5.74) is 2.32. The average molecular weight is 220 g/mol. The number of benzene rings is 1.